The Morgan fingerprint density at radius 1 is 1.38 bits per heavy atom. The molecule has 0 saturated carbocycles. The summed E-state index contributed by atoms with van der Waals surface area (Å²) in [5.41, 5.74) is 6.51. The van der Waals surface area contributed by atoms with Gasteiger partial charge >= 0.3 is 0 Å². The van der Waals surface area contributed by atoms with E-state index in [0.717, 1.165) is 18.8 Å². The predicted octanol–water partition coefficient (Wildman–Crippen LogP) is 3.25. The van der Waals surface area contributed by atoms with Gasteiger partial charge in [-0.25, -0.2) is 0 Å². The first-order chi connectivity index (χ1) is 6.18. The lowest BCUT2D eigenvalue weighted by molar-refractivity contribution is 1.11. The van der Waals surface area contributed by atoms with Crippen LogP contribution in [0.3, 0.4) is 0 Å². The number of thiophene rings is 1. The zero-order chi connectivity index (χ0) is 9.42. The van der Waals surface area contributed by atoms with Crippen LogP contribution in [0.1, 0.15) is 0 Å². The molecule has 3 N–H and O–H groups in total. The number of aromatic nitrogens is 2. The van der Waals surface area contributed by atoms with Crippen molar-refractivity contribution in [1.82, 2.24) is 10.2 Å². The maximum atomic E-state index is 5.59. The van der Waals surface area contributed by atoms with Gasteiger partial charge in [0.05, 0.1) is 18.8 Å². The Labute approximate surface area is 95.6 Å². The zero-order valence-corrected chi connectivity index (χ0v) is 10.3. The van der Waals surface area contributed by atoms with Gasteiger partial charge in [0.25, 0.3) is 0 Å². The van der Waals surface area contributed by atoms with Crippen molar-refractivity contribution in [1.29, 1.82) is 0 Å². The van der Waals surface area contributed by atoms with Crippen LogP contribution in [-0.2, 0) is 0 Å². The SMILES string of the molecule is Nc1n[nH]c(-c2ccc(Br)s2)c1Br. The average molecular weight is 323 g/mol. The second-order valence-corrected chi connectivity index (χ2v) is 5.66. The lowest BCUT2D eigenvalue weighted by Gasteiger charge is -1.91. The summed E-state index contributed by atoms with van der Waals surface area (Å²) in [6, 6.07) is 4.00. The van der Waals surface area contributed by atoms with Gasteiger partial charge in [-0.2, -0.15) is 5.10 Å². The molecule has 0 fully saturated rings. The fourth-order valence-electron chi connectivity index (χ4n) is 0.954. The van der Waals surface area contributed by atoms with E-state index < -0.39 is 0 Å². The molecule has 13 heavy (non-hydrogen) atoms. The molecule has 68 valence electrons. The number of aromatic amines is 1. The molecule has 0 unspecified atom stereocenters. The second-order valence-electron chi connectivity index (χ2n) is 2.40. The number of anilines is 1. The minimum Gasteiger partial charge on any atom is -0.381 e. The molecular weight excluding hydrogens is 318 g/mol. The Bertz CT molecular complexity index is 435. The van der Waals surface area contributed by atoms with Crippen LogP contribution in [0.2, 0.25) is 0 Å². The molecule has 0 saturated heterocycles. The van der Waals surface area contributed by atoms with Gasteiger partial charge in [-0.3, -0.25) is 5.10 Å². The van der Waals surface area contributed by atoms with E-state index in [0.29, 0.717) is 5.82 Å². The highest BCUT2D eigenvalue weighted by Crippen LogP contribution is 2.36. The number of hydrogen-bond donors (Lipinski definition) is 2. The van der Waals surface area contributed by atoms with E-state index >= 15 is 0 Å². The number of nitrogens with two attached hydrogens (primary N) is 1. The lowest BCUT2D eigenvalue weighted by Crippen LogP contribution is -1.83. The Balaban J connectivity index is 2.52. The van der Waals surface area contributed by atoms with E-state index in [4.69, 9.17) is 5.73 Å². The molecule has 6 heteroatoms. The number of nitrogens with one attached hydrogen (secondary N) is 1. The van der Waals surface area contributed by atoms with Gasteiger partial charge in [0.15, 0.2) is 5.82 Å². The van der Waals surface area contributed by atoms with Gasteiger partial charge in [-0.1, -0.05) is 0 Å². The summed E-state index contributed by atoms with van der Waals surface area (Å²) in [4.78, 5) is 1.10. The third kappa shape index (κ3) is 1.66. The minimum absolute atomic E-state index is 0.486. The van der Waals surface area contributed by atoms with Gasteiger partial charge in [0.2, 0.25) is 0 Å². The number of halogens is 2. The average Bonchev–Trinajstić information content (AvgIpc) is 2.62. The summed E-state index contributed by atoms with van der Waals surface area (Å²) in [6.45, 7) is 0. The van der Waals surface area contributed by atoms with Gasteiger partial charge in [0, 0.05) is 0 Å². The first kappa shape index (κ1) is 9.23. The van der Waals surface area contributed by atoms with E-state index in [1.54, 1.807) is 11.3 Å². The molecule has 0 aliphatic rings. The van der Waals surface area contributed by atoms with Crippen molar-refractivity contribution < 1.29 is 0 Å². The molecule has 0 spiro atoms. The van der Waals surface area contributed by atoms with Crippen LogP contribution in [0.15, 0.2) is 20.4 Å². The van der Waals surface area contributed by atoms with Crippen molar-refractivity contribution in [3.05, 3.63) is 20.4 Å². The standard InChI is InChI=1S/C7H5Br2N3S/c8-4-2-1-3(13-4)6-5(9)7(10)12-11-6/h1-2H,(H3,10,11,12). The number of rotatable bonds is 1. The summed E-state index contributed by atoms with van der Waals surface area (Å²) in [5.74, 6) is 0.486. The Hall–Kier alpha value is -0.330. The Morgan fingerprint density at radius 2 is 2.15 bits per heavy atom. The summed E-state index contributed by atoms with van der Waals surface area (Å²) in [6.07, 6.45) is 0. The van der Waals surface area contributed by atoms with E-state index in [2.05, 4.69) is 42.1 Å². The molecule has 0 radical (unpaired) electrons. The minimum atomic E-state index is 0.486. The molecule has 0 atom stereocenters. The lowest BCUT2D eigenvalue weighted by atomic mass is 10.3. The van der Waals surface area contributed by atoms with Crippen molar-refractivity contribution >= 4 is 49.0 Å². The fraction of sp³-hybridized carbons (Fsp3) is 0. The van der Waals surface area contributed by atoms with Crippen LogP contribution in [0.25, 0.3) is 10.6 Å². The highest BCUT2D eigenvalue weighted by Gasteiger charge is 2.11. The largest absolute Gasteiger partial charge is 0.381 e. The quantitative estimate of drug-likeness (QED) is 0.846. The van der Waals surface area contributed by atoms with Gasteiger partial charge in [0.1, 0.15) is 0 Å². The first-order valence-electron chi connectivity index (χ1n) is 3.43. The summed E-state index contributed by atoms with van der Waals surface area (Å²) >= 11 is 8.40. The number of nitrogen functional groups attached to an aromatic ring is 1. The topological polar surface area (TPSA) is 54.7 Å². The van der Waals surface area contributed by atoms with Crippen LogP contribution in [0.4, 0.5) is 5.82 Å². The molecule has 2 heterocycles. The van der Waals surface area contributed by atoms with Crippen LogP contribution >= 0.6 is 43.2 Å². The molecule has 0 aliphatic carbocycles. The monoisotopic (exact) mass is 321 g/mol. The van der Waals surface area contributed by atoms with E-state index in [1.165, 1.54) is 0 Å². The van der Waals surface area contributed by atoms with Crippen LogP contribution in [0, 0.1) is 0 Å². The third-order valence-electron chi connectivity index (χ3n) is 1.55. The molecule has 2 aromatic heterocycles. The van der Waals surface area contributed by atoms with Crippen LogP contribution in [-0.4, -0.2) is 10.2 Å². The summed E-state index contributed by atoms with van der Waals surface area (Å²) in [7, 11) is 0. The maximum absolute atomic E-state index is 5.59. The van der Waals surface area contributed by atoms with Crippen molar-refractivity contribution in [2.24, 2.45) is 0 Å². The molecule has 2 aromatic rings. The molecule has 0 aromatic carbocycles. The molecule has 0 aliphatic heterocycles. The number of H-pyrrole nitrogens is 1. The normalized spacial score (nSPS) is 10.6. The van der Waals surface area contributed by atoms with Crippen LogP contribution in [0.5, 0.6) is 0 Å². The third-order valence-corrected chi connectivity index (χ3v) is 4.00. The zero-order valence-electron chi connectivity index (χ0n) is 6.34. The van der Waals surface area contributed by atoms with Gasteiger partial charge < -0.3 is 5.73 Å². The summed E-state index contributed by atoms with van der Waals surface area (Å²) < 4.78 is 1.91. The second kappa shape index (κ2) is 3.43. The predicted molar refractivity (Wildman–Crippen MR) is 61.7 cm³/mol. The van der Waals surface area contributed by atoms with E-state index in [1.807, 2.05) is 12.1 Å². The molecule has 3 nitrogen and oxygen atoms in total. The fourth-order valence-corrected chi connectivity index (χ4v) is 2.86. The first-order valence-corrected chi connectivity index (χ1v) is 5.84. The Morgan fingerprint density at radius 3 is 2.62 bits per heavy atom. The van der Waals surface area contributed by atoms with Gasteiger partial charge in [-0.05, 0) is 44.0 Å². The maximum Gasteiger partial charge on any atom is 0.160 e. The number of hydrogen-bond acceptors (Lipinski definition) is 3. The highest BCUT2D eigenvalue weighted by molar-refractivity contribution is 9.11. The summed E-state index contributed by atoms with van der Waals surface area (Å²) in [5, 5.41) is 6.77. The number of nitrogens with zero attached hydrogens (tertiary/aromatic N) is 1. The van der Waals surface area contributed by atoms with Crippen LogP contribution < -0.4 is 5.73 Å². The molecule has 2 rings (SSSR count). The highest BCUT2D eigenvalue weighted by atomic mass is 79.9. The molecule has 0 bridgehead atoms. The van der Waals surface area contributed by atoms with E-state index in [9.17, 15) is 0 Å². The molecule has 0 amide bonds. The Kier molecular flexibility index (Phi) is 2.44. The molecular formula is C7H5Br2N3S. The van der Waals surface area contributed by atoms with Crippen molar-refractivity contribution in [3.63, 3.8) is 0 Å². The van der Waals surface area contributed by atoms with Gasteiger partial charge in [-0.15, -0.1) is 11.3 Å². The van der Waals surface area contributed by atoms with Crippen molar-refractivity contribution in [3.8, 4) is 10.6 Å². The van der Waals surface area contributed by atoms with Crippen molar-refractivity contribution in [2.75, 3.05) is 5.73 Å². The van der Waals surface area contributed by atoms with Crippen molar-refractivity contribution in [2.45, 2.75) is 0 Å². The van der Waals surface area contributed by atoms with E-state index in [-0.39, 0.29) is 0 Å². The smallest absolute Gasteiger partial charge is 0.160 e.